The fourth-order valence-corrected chi connectivity index (χ4v) is 2.65. The van der Waals surface area contributed by atoms with Crippen LogP contribution < -0.4 is 11.1 Å². The quantitative estimate of drug-likeness (QED) is 0.595. The van der Waals surface area contributed by atoms with Crippen LogP contribution in [0.1, 0.15) is 29.3 Å². The summed E-state index contributed by atoms with van der Waals surface area (Å²) < 4.78 is 18.1. The molecule has 2 aromatic rings. The number of carbonyl (C=O) groups is 3. The normalized spacial score (nSPS) is 10.6. The molecule has 0 aliphatic heterocycles. The Morgan fingerprint density at radius 3 is 2.31 bits per heavy atom. The van der Waals surface area contributed by atoms with Gasteiger partial charge in [-0.1, -0.05) is 12.1 Å². The summed E-state index contributed by atoms with van der Waals surface area (Å²) >= 11 is 0. The van der Waals surface area contributed by atoms with Crippen LogP contribution in [0, 0.1) is 5.82 Å². The van der Waals surface area contributed by atoms with Crippen molar-refractivity contribution in [2.24, 2.45) is 5.73 Å². The van der Waals surface area contributed by atoms with Gasteiger partial charge in [-0.2, -0.15) is 0 Å². The molecule has 0 aliphatic rings. The number of anilines is 1. The number of nitrogens with zero attached hydrogens (tertiary/aromatic N) is 1. The zero-order valence-corrected chi connectivity index (χ0v) is 16.2. The molecule has 0 atom stereocenters. The van der Waals surface area contributed by atoms with Crippen LogP contribution >= 0.6 is 0 Å². The number of benzene rings is 2. The number of rotatable bonds is 10. The van der Waals surface area contributed by atoms with Crippen LogP contribution in [0.15, 0.2) is 48.5 Å². The molecule has 7 nitrogen and oxygen atoms in total. The molecule has 0 aromatic heterocycles. The van der Waals surface area contributed by atoms with Gasteiger partial charge in [0.25, 0.3) is 0 Å². The van der Waals surface area contributed by atoms with E-state index in [1.807, 2.05) is 0 Å². The van der Waals surface area contributed by atoms with Crippen molar-refractivity contribution in [3.8, 4) is 0 Å². The molecule has 0 heterocycles. The maximum atomic E-state index is 13.1. The molecule has 154 valence electrons. The Morgan fingerprint density at radius 1 is 1.07 bits per heavy atom. The summed E-state index contributed by atoms with van der Waals surface area (Å²) in [6.07, 6.45) is 0.137. The number of hydrogen-bond acceptors (Lipinski definition) is 5. The molecule has 0 fully saturated rings. The van der Waals surface area contributed by atoms with Gasteiger partial charge in [0.2, 0.25) is 11.8 Å². The summed E-state index contributed by atoms with van der Waals surface area (Å²) in [5.41, 5.74) is 6.89. The average Bonchev–Trinajstić information content (AvgIpc) is 2.68. The molecule has 0 spiro atoms. The second-order valence-corrected chi connectivity index (χ2v) is 6.38. The number of halogens is 1. The first-order chi connectivity index (χ1) is 13.9. The van der Waals surface area contributed by atoms with Crippen molar-refractivity contribution in [2.75, 3.05) is 25.0 Å². The van der Waals surface area contributed by atoms with E-state index >= 15 is 0 Å². The van der Waals surface area contributed by atoms with Crippen molar-refractivity contribution < 1.29 is 23.5 Å². The highest BCUT2D eigenvalue weighted by molar-refractivity contribution is 5.94. The first kappa shape index (κ1) is 22.0. The highest BCUT2D eigenvalue weighted by Crippen LogP contribution is 2.11. The zero-order valence-electron chi connectivity index (χ0n) is 16.2. The molecular formula is C21H24FN3O4. The van der Waals surface area contributed by atoms with E-state index in [4.69, 9.17) is 10.5 Å². The number of ether oxygens (including phenoxy) is 1. The molecule has 0 saturated carbocycles. The van der Waals surface area contributed by atoms with Crippen LogP contribution in [0.25, 0.3) is 0 Å². The third-order valence-electron chi connectivity index (χ3n) is 4.09. The van der Waals surface area contributed by atoms with E-state index in [1.165, 1.54) is 24.3 Å². The van der Waals surface area contributed by atoms with Gasteiger partial charge in [-0.25, -0.2) is 4.39 Å². The van der Waals surface area contributed by atoms with Gasteiger partial charge in [-0.05, 0) is 48.9 Å². The summed E-state index contributed by atoms with van der Waals surface area (Å²) in [6.45, 7) is 2.69. The number of esters is 1. The van der Waals surface area contributed by atoms with E-state index in [1.54, 1.807) is 36.1 Å². The number of carbonyl (C=O) groups excluding carboxylic acids is 3. The van der Waals surface area contributed by atoms with Gasteiger partial charge in [0, 0.05) is 30.8 Å². The van der Waals surface area contributed by atoms with E-state index in [0.29, 0.717) is 24.3 Å². The van der Waals surface area contributed by atoms with E-state index in [2.05, 4.69) is 5.32 Å². The van der Waals surface area contributed by atoms with Gasteiger partial charge in [-0.15, -0.1) is 0 Å². The Labute approximate surface area is 168 Å². The second-order valence-electron chi connectivity index (χ2n) is 6.38. The molecule has 0 saturated heterocycles. The van der Waals surface area contributed by atoms with E-state index in [0.717, 1.165) is 5.56 Å². The number of hydrogen-bond donors (Lipinski definition) is 2. The maximum Gasteiger partial charge on any atom is 0.320 e. The molecule has 29 heavy (non-hydrogen) atoms. The minimum atomic E-state index is -0.543. The van der Waals surface area contributed by atoms with Gasteiger partial charge in [0.1, 0.15) is 5.82 Å². The Balaban J connectivity index is 1.94. The molecule has 2 aromatic carbocycles. The number of amides is 2. The molecule has 0 unspecified atom stereocenters. The van der Waals surface area contributed by atoms with Gasteiger partial charge >= 0.3 is 5.97 Å². The van der Waals surface area contributed by atoms with Crippen molar-refractivity contribution in [1.82, 2.24) is 4.90 Å². The molecule has 0 bridgehead atoms. The van der Waals surface area contributed by atoms with Crippen LogP contribution in [-0.4, -0.2) is 42.4 Å². The summed E-state index contributed by atoms with van der Waals surface area (Å²) in [5, 5.41) is 2.73. The fourth-order valence-electron chi connectivity index (χ4n) is 2.65. The predicted molar refractivity (Wildman–Crippen MR) is 107 cm³/mol. The van der Waals surface area contributed by atoms with Crippen molar-refractivity contribution in [3.05, 3.63) is 65.5 Å². The summed E-state index contributed by atoms with van der Waals surface area (Å²) in [7, 11) is 0. The van der Waals surface area contributed by atoms with Crippen LogP contribution in [0.4, 0.5) is 10.1 Å². The standard InChI is InChI=1S/C21H24FN3O4/c1-2-29-20(27)14-25(13-15-3-7-17(22)8-4-15)12-11-19(26)24-18-9-5-16(6-10-18)21(23)28/h3-10H,2,11-14H2,1H3,(H2,23,28)(H,24,26). The Kier molecular flexibility index (Phi) is 8.29. The topological polar surface area (TPSA) is 102 Å². The van der Waals surface area contributed by atoms with Crippen molar-refractivity contribution in [3.63, 3.8) is 0 Å². The summed E-state index contributed by atoms with van der Waals surface area (Å²) in [5.74, 6) is -1.52. The number of nitrogens with one attached hydrogen (secondary N) is 1. The summed E-state index contributed by atoms with van der Waals surface area (Å²) in [6, 6.07) is 12.2. The Hall–Kier alpha value is -3.26. The lowest BCUT2D eigenvalue weighted by molar-refractivity contribution is -0.144. The third-order valence-corrected chi connectivity index (χ3v) is 4.09. The Morgan fingerprint density at radius 2 is 1.72 bits per heavy atom. The molecule has 2 rings (SSSR count). The van der Waals surface area contributed by atoms with Crippen molar-refractivity contribution in [1.29, 1.82) is 0 Å². The van der Waals surface area contributed by atoms with E-state index in [9.17, 15) is 18.8 Å². The monoisotopic (exact) mass is 401 g/mol. The largest absolute Gasteiger partial charge is 0.465 e. The molecule has 0 radical (unpaired) electrons. The highest BCUT2D eigenvalue weighted by Gasteiger charge is 2.14. The van der Waals surface area contributed by atoms with Crippen molar-refractivity contribution >= 4 is 23.5 Å². The molecule has 2 amide bonds. The molecule has 8 heteroatoms. The van der Waals surface area contributed by atoms with Gasteiger partial charge in [0.05, 0.1) is 13.2 Å². The number of primary amides is 1. The lowest BCUT2D eigenvalue weighted by atomic mass is 10.2. The minimum absolute atomic E-state index is 0.0196. The second kappa shape index (κ2) is 10.9. The average molecular weight is 401 g/mol. The maximum absolute atomic E-state index is 13.1. The third kappa shape index (κ3) is 7.71. The number of nitrogens with two attached hydrogens (primary N) is 1. The lowest BCUT2D eigenvalue weighted by Gasteiger charge is -2.21. The van der Waals surface area contributed by atoms with Gasteiger partial charge in [0.15, 0.2) is 0 Å². The summed E-state index contributed by atoms with van der Waals surface area (Å²) in [4.78, 5) is 37.0. The SMILES string of the molecule is CCOC(=O)CN(CCC(=O)Nc1ccc(C(N)=O)cc1)Cc1ccc(F)cc1. The van der Waals surface area contributed by atoms with Gasteiger partial charge < -0.3 is 15.8 Å². The van der Waals surface area contributed by atoms with E-state index < -0.39 is 11.9 Å². The van der Waals surface area contributed by atoms with Gasteiger partial charge in [-0.3, -0.25) is 19.3 Å². The van der Waals surface area contributed by atoms with Crippen LogP contribution in [0.5, 0.6) is 0 Å². The minimum Gasteiger partial charge on any atom is -0.465 e. The van der Waals surface area contributed by atoms with Crippen LogP contribution in [0.2, 0.25) is 0 Å². The van der Waals surface area contributed by atoms with Crippen LogP contribution in [0.3, 0.4) is 0 Å². The first-order valence-corrected chi connectivity index (χ1v) is 9.19. The molecule has 0 aliphatic carbocycles. The lowest BCUT2D eigenvalue weighted by Crippen LogP contribution is -2.33. The first-order valence-electron chi connectivity index (χ1n) is 9.19. The van der Waals surface area contributed by atoms with Crippen LogP contribution in [-0.2, 0) is 20.9 Å². The predicted octanol–water partition coefficient (Wildman–Crippen LogP) is 2.32. The highest BCUT2D eigenvalue weighted by atomic mass is 19.1. The molecular weight excluding hydrogens is 377 g/mol. The smallest absolute Gasteiger partial charge is 0.320 e. The Bertz CT molecular complexity index is 838. The zero-order chi connectivity index (χ0) is 21.2. The molecule has 3 N–H and O–H groups in total. The van der Waals surface area contributed by atoms with Crippen molar-refractivity contribution in [2.45, 2.75) is 19.9 Å². The van der Waals surface area contributed by atoms with E-state index in [-0.39, 0.29) is 31.3 Å². The fraction of sp³-hybridized carbons (Fsp3) is 0.286.